The van der Waals surface area contributed by atoms with E-state index in [1.54, 1.807) is 0 Å². The minimum atomic E-state index is 0.642. The normalized spacial score (nSPS) is 21.9. The van der Waals surface area contributed by atoms with Gasteiger partial charge in [-0.05, 0) is 32.1 Å². The van der Waals surface area contributed by atoms with Crippen molar-refractivity contribution in [3.63, 3.8) is 0 Å². The van der Waals surface area contributed by atoms with Crippen LogP contribution >= 0.6 is 0 Å². The van der Waals surface area contributed by atoms with Gasteiger partial charge >= 0.3 is 0 Å². The van der Waals surface area contributed by atoms with Gasteiger partial charge in [0.2, 0.25) is 0 Å². The summed E-state index contributed by atoms with van der Waals surface area (Å²) in [5.74, 6) is 0.799. The maximum Gasteiger partial charge on any atom is 0.148 e. The molecule has 1 heterocycles. The van der Waals surface area contributed by atoms with Crippen LogP contribution in [0.25, 0.3) is 0 Å². The van der Waals surface area contributed by atoms with Gasteiger partial charge in [0, 0.05) is 11.3 Å². The summed E-state index contributed by atoms with van der Waals surface area (Å²) >= 11 is 0. The first-order chi connectivity index (χ1) is 7.36. The number of hydrogen-bond acceptors (Lipinski definition) is 2. The molecule has 0 aromatic carbocycles. The van der Waals surface area contributed by atoms with Gasteiger partial charge in [-0.25, -0.2) is 0 Å². The molecule has 0 amide bonds. The van der Waals surface area contributed by atoms with E-state index in [2.05, 4.69) is 9.78 Å². The van der Waals surface area contributed by atoms with Crippen molar-refractivity contribution in [2.45, 2.75) is 57.4 Å². The summed E-state index contributed by atoms with van der Waals surface area (Å²) in [6.07, 6.45) is 10.3. The zero-order chi connectivity index (χ0) is 10.3. The van der Waals surface area contributed by atoms with Crippen molar-refractivity contribution in [1.82, 2.24) is 9.78 Å². The Kier molecular flexibility index (Phi) is 2.19. The number of fused-ring (bicyclic) bond motifs is 1. The van der Waals surface area contributed by atoms with Gasteiger partial charge < -0.3 is 5.73 Å². The average Bonchev–Trinajstić information content (AvgIpc) is 2.84. The van der Waals surface area contributed by atoms with Crippen molar-refractivity contribution in [3.05, 3.63) is 11.3 Å². The molecule has 15 heavy (non-hydrogen) atoms. The van der Waals surface area contributed by atoms with E-state index in [1.807, 2.05) is 0 Å². The molecule has 3 heteroatoms. The molecule has 1 aromatic rings. The second-order valence-electron chi connectivity index (χ2n) is 4.90. The molecule has 2 aliphatic rings. The Morgan fingerprint density at radius 2 is 1.87 bits per heavy atom. The van der Waals surface area contributed by atoms with Crippen LogP contribution in [-0.2, 0) is 12.8 Å². The van der Waals surface area contributed by atoms with Crippen molar-refractivity contribution in [2.75, 3.05) is 5.73 Å². The van der Waals surface area contributed by atoms with E-state index in [9.17, 15) is 0 Å². The van der Waals surface area contributed by atoms with Crippen LogP contribution in [0.2, 0.25) is 0 Å². The minimum Gasteiger partial charge on any atom is -0.382 e. The largest absolute Gasteiger partial charge is 0.382 e. The highest BCUT2D eigenvalue weighted by Crippen LogP contribution is 2.34. The molecule has 2 N–H and O–H groups in total. The summed E-state index contributed by atoms with van der Waals surface area (Å²) in [6.45, 7) is 0. The average molecular weight is 205 g/mol. The lowest BCUT2D eigenvalue weighted by molar-refractivity contribution is 0.323. The number of nitrogen functional groups attached to an aromatic ring is 1. The first kappa shape index (κ1) is 9.25. The third-order valence-corrected chi connectivity index (χ3v) is 3.91. The molecule has 0 bridgehead atoms. The third kappa shape index (κ3) is 1.45. The van der Waals surface area contributed by atoms with Gasteiger partial charge in [-0.1, -0.05) is 19.3 Å². The Morgan fingerprint density at radius 3 is 2.67 bits per heavy atom. The van der Waals surface area contributed by atoms with Gasteiger partial charge in [0.25, 0.3) is 0 Å². The van der Waals surface area contributed by atoms with E-state index >= 15 is 0 Å². The predicted molar refractivity (Wildman–Crippen MR) is 60.8 cm³/mol. The Labute approximate surface area is 90.7 Å². The zero-order valence-electron chi connectivity index (χ0n) is 9.21. The Hall–Kier alpha value is -0.990. The number of rotatable bonds is 1. The van der Waals surface area contributed by atoms with Crippen LogP contribution in [0.4, 0.5) is 5.82 Å². The molecule has 0 aliphatic heterocycles. The van der Waals surface area contributed by atoms with Crippen molar-refractivity contribution >= 4 is 5.82 Å². The maximum absolute atomic E-state index is 5.97. The summed E-state index contributed by atoms with van der Waals surface area (Å²) in [4.78, 5) is 0. The SMILES string of the molecule is Nc1nn(C2CCCCC2)c2c1CCC2. The van der Waals surface area contributed by atoms with Crippen molar-refractivity contribution in [2.24, 2.45) is 0 Å². The molecule has 0 spiro atoms. The molecule has 82 valence electrons. The van der Waals surface area contributed by atoms with Crippen molar-refractivity contribution in [1.29, 1.82) is 0 Å². The van der Waals surface area contributed by atoms with Crippen LogP contribution in [0.15, 0.2) is 0 Å². The Balaban J connectivity index is 1.93. The minimum absolute atomic E-state index is 0.642. The molecule has 3 rings (SSSR count). The lowest BCUT2D eigenvalue weighted by Crippen LogP contribution is -2.16. The fourth-order valence-corrected chi connectivity index (χ4v) is 3.12. The number of nitrogens with zero attached hydrogens (tertiary/aromatic N) is 2. The lowest BCUT2D eigenvalue weighted by atomic mass is 9.95. The van der Waals surface area contributed by atoms with Gasteiger partial charge in [0.15, 0.2) is 0 Å². The summed E-state index contributed by atoms with van der Waals surface area (Å²) in [6, 6.07) is 0.642. The van der Waals surface area contributed by atoms with E-state index in [-0.39, 0.29) is 0 Å². The molecular weight excluding hydrogens is 186 g/mol. The van der Waals surface area contributed by atoms with E-state index in [1.165, 1.54) is 56.2 Å². The van der Waals surface area contributed by atoms with Crippen molar-refractivity contribution < 1.29 is 0 Å². The van der Waals surface area contributed by atoms with E-state index in [4.69, 9.17) is 5.73 Å². The van der Waals surface area contributed by atoms with Gasteiger partial charge in [0.1, 0.15) is 5.82 Å². The molecule has 1 aromatic heterocycles. The van der Waals surface area contributed by atoms with Crippen LogP contribution in [0.1, 0.15) is 55.8 Å². The van der Waals surface area contributed by atoms with Gasteiger partial charge in [-0.15, -0.1) is 0 Å². The summed E-state index contributed by atoms with van der Waals surface area (Å²) in [7, 11) is 0. The molecule has 0 saturated heterocycles. The zero-order valence-corrected chi connectivity index (χ0v) is 9.21. The van der Waals surface area contributed by atoms with Gasteiger partial charge in [-0.2, -0.15) is 5.10 Å². The first-order valence-corrected chi connectivity index (χ1v) is 6.22. The maximum atomic E-state index is 5.97. The summed E-state index contributed by atoms with van der Waals surface area (Å²) in [5, 5.41) is 4.55. The Morgan fingerprint density at radius 1 is 1.07 bits per heavy atom. The number of hydrogen-bond donors (Lipinski definition) is 1. The van der Waals surface area contributed by atoms with E-state index in [0.29, 0.717) is 6.04 Å². The fourth-order valence-electron chi connectivity index (χ4n) is 3.12. The standard InChI is InChI=1S/C12H19N3/c13-12-10-7-4-8-11(10)15(14-12)9-5-2-1-3-6-9/h9H,1-8H2,(H2,13,14). The molecule has 1 saturated carbocycles. The highest BCUT2D eigenvalue weighted by atomic mass is 15.3. The first-order valence-electron chi connectivity index (χ1n) is 6.22. The number of aromatic nitrogens is 2. The third-order valence-electron chi connectivity index (χ3n) is 3.91. The van der Waals surface area contributed by atoms with Gasteiger partial charge in [-0.3, -0.25) is 4.68 Å². The Bertz CT molecular complexity index is 361. The van der Waals surface area contributed by atoms with Crippen molar-refractivity contribution in [3.8, 4) is 0 Å². The van der Waals surface area contributed by atoms with Crippen LogP contribution < -0.4 is 5.73 Å². The number of nitrogens with two attached hydrogens (primary N) is 1. The topological polar surface area (TPSA) is 43.8 Å². The second-order valence-corrected chi connectivity index (χ2v) is 4.90. The summed E-state index contributed by atoms with van der Waals surface area (Å²) in [5.41, 5.74) is 8.76. The fraction of sp³-hybridized carbons (Fsp3) is 0.750. The molecule has 0 atom stereocenters. The lowest BCUT2D eigenvalue weighted by Gasteiger charge is -2.23. The quantitative estimate of drug-likeness (QED) is 0.765. The van der Waals surface area contributed by atoms with E-state index < -0.39 is 0 Å². The molecule has 3 nitrogen and oxygen atoms in total. The number of anilines is 1. The monoisotopic (exact) mass is 205 g/mol. The smallest absolute Gasteiger partial charge is 0.148 e. The highest BCUT2D eigenvalue weighted by Gasteiger charge is 2.25. The molecule has 1 fully saturated rings. The van der Waals surface area contributed by atoms with Crippen LogP contribution in [0.3, 0.4) is 0 Å². The molecule has 0 unspecified atom stereocenters. The van der Waals surface area contributed by atoms with Gasteiger partial charge in [0.05, 0.1) is 6.04 Å². The second kappa shape index (κ2) is 3.54. The van der Waals surface area contributed by atoms with Crippen LogP contribution in [0, 0.1) is 0 Å². The highest BCUT2D eigenvalue weighted by molar-refractivity contribution is 5.45. The van der Waals surface area contributed by atoms with Crippen LogP contribution in [0.5, 0.6) is 0 Å². The van der Waals surface area contributed by atoms with Crippen LogP contribution in [-0.4, -0.2) is 9.78 Å². The summed E-state index contributed by atoms with van der Waals surface area (Å²) < 4.78 is 2.26. The molecular formula is C12H19N3. The van der Waals surface area contributed by atoms with E-state index in [0.717, 1.165) is 12.2 Å². The molecule has 2 aliphatic carbocycles. The molecule has 0 radical (unpaired) electrons. The predicted octanol–water partition coefficient (Wildman–Crippen LogP) is 2.46.